The molecule has 0 spiro atoms. The third kappa shape index (κ3) is 4.47. The number of hydrogen-bond donors (Lipinski definition) is 1. The van der Waals surface area contributed by atoms with Gasteiger partial charge in [0, 0.05) is 0 Å². The molecule has 0 radical (unpaired) electrons. The van der Waals surface area contributed by atoms with E-state index in [9.17, 15) is 9.12 Å². The summed E-state index contributed by atoms with van der Waals surface area (Å²) in [6.45, 7) is 3.59. The van der Waals surface area contributed by atoms with Gasteiger partial charge in [0.15, 0.2) is 0 Å². The molecule has 1 atom stereocenters. The average Bonchev–Trinajstić information content (AvgIpc) is 2.48. The summed E-state index contributed by atoms with van der Waals surface area (Å²) in [5.41, 5.74) is 0.0643. The first kappa shape index (κ1) is 15.8. The Morgan fingerprint density at radius 2 is 2.15 bits per heavy atom. The van der Waals surface area contributed by atoms with Gasteiger partial charge in [-0.25, -0.2) is 0 Å². The van der Waals surface area contributed by atoms with E-state index in [0.717, 1.165) is 19.6 Å². The number of nitrogens with zero attached hydrogens (tertiary/aromatic N) is 2. The molecule has 0 bridgehead atoms. The number of nitroso groups, excluding NO2 is 1. The summed E-state index contributed by atoms with van der Waals surface area (Å²) in [7, 11) is 0. The van der Waals surface area contributed by atoms with E-state index < -0.39 is 11.1 Å². The maximum absolute atomic E-state index is 10.9. The Morgan fingerprint density at radius 1 is 1.40 bits per heavy atom. The second-order valence-electron chi connectivity index (χ2n) is 4.23. The van der Waals surface area contributed by atoms with Crippen molar-refractivity contribution >= 4 is 16.8 Å². The van der Waals surface area contributed by atoms with Crippen LogP contribution in [0.15, 0.2) is 28.3 Å². The summed E-state index contributed by atoms with van der Waals surface area (Å²) in [6, 6.07) is 4.26. The fourth-order valence-corrected chi connectivity index (χ4v) is 4.86. The molecule has 112 valence electrons. The molecule has 1 aliphatic rings. The van der Waals surface area contributed by atoms with Crippen LogP contribution in [0.1, 0.15) is 0 Å². The Labute approximate surface area is 130 Å². The van der Waals surface area contributed by atoms with E-state index in [1.54, 1.807) is 0 Å². The van der Waals surface area contributed by atoms with Crippen molar-refractivity contribution in [2.45, 2.75) is 4.90 Å². The molecule has 2 rings (SSSR count). The first-order chi connectivity index (χ1) is 9.70. The van der Waals surface area contributed by atoms with Crippen molar-refractivity contribution in [1.29, 1.82) is 0 Å². The number of hydrogen-bond acceptors (Lipinski definition) is 5. The Hall–Kier alpha value is -0.580. The average molecular weight is 411 g/mol. The summed E-state index contributed by atoms with van der Waals surface area (Å²) in [5.74, 6) is 0.360. The molecule has 6 nitrogen and oxygen atoms in total. The van der Waals surface area contributed by atoms with Gasteiger partial charge in [0.05, 0.1) is 0 Å². The van der Waals surface area contributed by atoms with Gasteiger partial charge in [-0.05, 0) is 0 Å². The van der Waals surface area contributed by atoms with Crippen LogP contribution in [0.2, 0.25) is 0 Å². The Morgan fingerprint density at radius 3 is 2.80 bits per heavy atom. The van der Waals surface area contributed by atoms with Gasteiger partial charge in [-0.15, -0.1) is 0 Å². The molecule has 1 aliphatic heterocycles. The summed E-state index contributed by atoms with van der Waals surface area (Å²) >= 11 is -1.70. The van der Waals surface area contributed by atoms with Gasteiger partial charge < -0.3 is 0 Å². The van der Waals surface area contributed by atoms with Gasteiger partial charge in [-0.1, -0.05) is 0 Å². The Balaban J connectivity index is 1.91. The molecule has 1 heterocycles. The van der Waals surface area contributed by atoms with E-state index in [-0.39, 0.29) is 10.6 Å². The van der Waals surface area contributed by atoms with Crippen molar-refractivity contribution in [2.75, 3.05) is 35.1 Å². The predicted molar refractivity (Wildman–Crippen MR) is 72.6 cm³/mol. The van der Waals surface area contributed by atoms with Gasteiger partial charge in [0.1, 0.15) is 0 Å². The normalized spacial score (nSPS) is 18.1. The van der Waals surface area contributed by atoms with Crippen molar-refractivity contribution in [1.82, 2.24) is 4.90 Å². The van der Waals surface area contributed by atoms with Crippen LogP contribution in [-0.4, -0.2) is 48.8 Å². The minimum absolute atomic E-state index is 0.0643. The molecule has 0 aliphatic carbocycles. The van der Waals surface area contributed by atoms with Crippen LogP contribution < -0.4 is 25.9 Å². The third-order valence-electron chi connectivity index (χ3n) is 2.96. The molecule has 1 aromatic rings. The van der Waals surface area contributed by atoms with Crippen molar-refractivity contribution in [3.63, 3.8) is 0 Å². The quantitative estimate of drug-likeness (QED) is 0.266. The number of alkyl halides is 2. The topological polar surface area (TPSA) is 79.2 Å². The van der Waals surface area contributed by atoms with Gasteiger partial charge in [-0.2, -0.15) is 0 Å². The molecule has 0 aromatic heterocycles. The van der Waals surface area contributed by atoms with E-state index >= 15 is 0 Å². The van der Waals surface area contributed by atoms with Crippen LogP contribution in [0.3, 0.4) is 0 Å². The SMILES string of the molecule is O=Nc1cc(S(=O)O)ccc1OCCN1CC[I-]CC1. The molecular formula is C12H16IN2O4S-. The Kier molecular flexibility index (Phi) is 6.33. The van der Waals surface area contributed by atoms with Crippen LogP contribution >= 0.6 is 0 Å². The summed E-state index contributed by atoms with van der Waals surface area (Å²) in [4.78, 5) is 13.3. The molecule has 1 N–H and O–H groups in total. The number of rotatable bonds is 6. The van der Waals surface area contributed by atoms with Crippen molar-refractivity contribution < 1.29 is 34.7 Å². The summed E-state index contributed by atoms with van der Waals surface area (Å²) in [5, 5.41) is 2.85. The van der Waals surface area contributed by atoms with E-state index in [1.807, 2.05) is 0 Å². The van der Waals surface area contributed by atoms with Crippen LogP contribution in [0.4, 0.5) is 5.69 Å². The Bertz CT molecular complexity index is 494. The third-order valence-corrected chi connectivity index (χ3v) is 6.11. The number of halogens is 1. The number of benzene rings is 1. The van der Waals surface area contributed by atoms with Crippen LogP contribution in [-0.2, 0) is 11.1 Å². The molecule has 0 amide bonds. The second-order valence-corrected chi connectivity index (χ2v) is 8.43. The van der Waals surface area contributed by atoms with Crippen LogP contribution in [0.5, 0.6) is 5.75 Å². The number of ether oxygens (including phenoxy) is 1. The fourth-order valence-electron chi connectivity index (χ4n) is 1.87. The van der Waals surface area contributed by atoms with Crippen LogP contribution in [0, 0.1) is 4.91 Å². The van der Waals surface area contributed by atoms with Crippen LogP contribution in [0.25, 0.3) is 0 Å². The molecule has 8 heteroatoms. The molecule has 1 saturated heterocycles. The zero-order valence-electron chi connectivity index (χ0n) is 10.8. The minimum atomic E-state index is -2.12. The van der Waals surface area contributed by atoms with E-state index in [4.69, 9.17) is 9.29 Å². The van der Waals surface area contributed by atoms with Crippen molar-refractivity contribution in [2.24, 2.45) is 5.18 Å². The van der Waals surface area contributed by atoms with Gasteiger partial charge in [-0.3, -0.25) is 0 Å². The second kappa shape index (κ2) is 8.01. The predicted octanol–water partition coefficient (Wildman–Crippen LogP) is -1.55. The molecule has 1 fully saturated rings. The first-order valence-corrected chi connectivity index (χ1v) is 10.3. The first-order valence-electron chi connectivity index (χ1n) is 6.17. The zero-order chi connectivity index (χ0) is 14.4. The van der Waals surface area contributed by atoms with E-state index in [0.29, 0.717) is 33.6 Å². The molecular weight excluding hydrogens is 395 g/mol. The van der Waals surface area contributed by atoms with Gasteiger partial charge in [0.2, 0.25) is 0 Å². The van der Waals surface area contributed by atoms with Crippen molar-refractivity contribution in [3.8, 4) is 5.75 Å². The van der Waals surface area contributed by atoms with E-state index in [1.165, 1.54) is 27.1 Å². The zero-order valence-corrected chi connectivity index (χ0v) is 13.8. The molecule has 1 unspecified atom stereocenters. The summed E-state index contributed by atoms with van der Waals surface area (Å²) in [6.07, 6.45) is 0. The standard InChI is InChI=1S/C12H16IN2O4S/c16-14-11-9-10(20(17)18)1-2-12(11)19-8-7-15-5-3-13-4-6-15/h1-2,9H,3-8H2,(H,17,18)/q-1. The van der Waals surface area contributed by atoms with Gasteiger partial charge in [0.25, 0.3) is 0 Å². The van der Waals surface area contributed by atoms with Gasteiger partial charge >= 0.3 is 130 Å². The molecule has 0 saturated carbocycles. The fraction of sp³-hybridized carbons (Fsp3) is 0.500. The van der Waals surface area contributed by atoms with E-state index in [2.05, 4.69) is 10.1 Å². The molecule has 20 heavy (non-hydrogen) atoms. The monoisotopic (exact) mass is 411 g/mol. The van der Waals surface area contributed by atoms with Crippen molar-refractivity contribution in [3.05, 3.63) is 23.1 Å². The summed E-state index contributed by atoms with van der Waals surface area (Å²) < 4.78 is 28.1. The molecule has 1 aromatic carbocycles. The maximum atomic E-state index is 10.9.